The van der Waals surface area contributed by atoms with E-state index in [9.17, 15) is 4.79 Å². The minimum absolute atomic E-state index is 0.112. The fourth-order valence-electron chi connectivity index (χ4n) is 3.88. The summed E-state index contributed by atoms with van der Waals surface area (Å²) in [5.41, 5.74) is 5.95. The van der Waals surface area contributed by atoms with Crippen LogP contribution < -0.4 is 10.1 Å². The predicted molar refractivity (Wildman–Crippen MR) is 130 cm³/mol. The number of anilines is 1. The molecule has 0 atom stereocenters. The Balaban J connectivity index is 0.000000481. The van der Waals surface area contributed by atoms with Gasteiger partial charge in [0.1, 0.15) is 5.75 Å². The first kappa shape index (κ1) is 24.7. The zero-order chi connectivity index (χ0) is 24.5. The minimum atomic E-state index is -1.82. The predicted octanol–water partition coefficient (Wildman–Crippen LogP) is 3.54. The van der Waals surface area contributed by atoms with Crippen molar-refractivity contribution in [2.75, 3.05) is 32.1 Å². The Kier molecular flexibility index (Phi) is 8.59. The number of carboxylic acid groups (broad SMARTS) is 2. The van der Waals surface area contributed by atoms with Crippen molar-refractivity contribution >= 4 is 35.2 Å². The summed E-state index contributed by atoms with van der Waals surface area (Å²) in [5.74, 6) is -2.59. The summed E-state index contributed by atoms with van der Waals surface area (Å²) in [4.78, 5) is 32.1. The number of fused-ring (bicyclic) bond motifs is 1. The first-order valence-electron chi connectivity index (χ1n) is 11.0. The van der Waals surface area contributed by atoms with Gasteiger partial charge in [0.25, 0.3) is 0 Å². The highest BCUT2D eigenvalue weighted by Crippen LogP contribution is 2.30. The number of aliphatic carboxylic acids is 2. The number of ether oxygens (including phenoxy) is 1. The van der Waals surface area contributed by atoms with E-state index in [-0.39, 0.29) is 5.91 Å². The van der Waals surface area contributed by atoms with Crippen LogP contribution >= 0.6 is 0 Å². The molecule has 8 nitrogen and oxygen atoms in total. The second kappa shape index (κ2) is 11.8. The molecule has 2 aromatic carbocycles. The van der Waals surface area contributed by atoms with Crippen molar-refractivity contribution in [3.05, 3.63) is 71.3 Å². The first-order chi connectivity index (χ1) is 16.4. The van der Waals surface area contributed by atoms with E-state index < -0.39 is 11.9 Å². The molecule has 1 amide bonds. The van der Waals surface area contributed by atoms with Crippen molar-refractivity contribution in [2.45, 2.75) is 19.3 Å². The molecule has 2 aromatic rings. The normalized spacial score (nSPS) is 15.4. The summed E-state index contributed by atoms with van der Waals surface area (Å²) >= 11 is 0. The van der Waals surface area contributed by atoms with Crippen molar-refractivity contribution in [3.63, 3.8) is 0 Å². The van der Waals surface area contributed by atoms with E-state index in [1.807, 2.05) is 18.2 Å². The molecule has 0 radical (unpaired) electrons. The Bertz CT molecular complexity index is 1110. The van der Waals surface area contributed by atoms with Gasteiger partial charge in [-0.2, -0.15) is 0 Å². The van der Waals surface area contributed by atoms with Gasteiger partial charge in [0, 0.05) is 37.3 Å². The van der Waals surface area contributed by atoms with Crippen LogP contribution in [0.3, 0.4) is 0 Å². The summed E-state index contributed by atoms with van der Waals surface area (Å²) < 4.78 is 5.50. The van der Waals surface area contributed by atoms with E-state index in [1.165, 1.54) is 22.3 Å². The van der Waals surface area contributed by atoms with E-state index >= 15 is 0 Å². The number of nitrogens with one attached hydrogen (secondary N) is 1. The third-order valence-electron chi connectivity index (χ3n) is 5.63. The summed E-state index contributed by atoms with van der Waals surface area (Å²) in [5, 5.41) is 17.7. The lowest BCUT2D eigenvalue weighted by Crippen LogP contribution is -2.28. The van der Waals surface area contributed by atoms with Crippen molar-refractivity contribution in [2.24, 2.45) is 0 Å². The van der Waals surface area contributed by atoms with Crippen LogP contribution in [0.5, 0.6) is 5.75 Å². The van der Waals surface area contributed by atoms with Crippen molar-refractivity contribution < 1.29 is 29.3 Å². The van der Waals surface area contributed by atoms with E-state index in [4.69, 9.17) is 24.5 Å². The molecule has 0 aromatic heterocycles. The maximum atomic E-state index is 11.5. The highest BCUT2D eigenvalue weighted by molar-refractivity contribution is 6.27. The summed E-state index contributed by atoms with van der Waals surface area (Å²) in [6, 6.07) is 14.5. The number of carbonyl (C=O) groups excluding carboxylic acids is 1. The quantitative estimate of drug-likeness (QED) is 0.580. The minimum Gasteiger partial charge on any atom is -0.496 e. The Morgan fingerprint density at radius 1 is 1.09 bits per heavy atom. The molecule has 34 heavy (non-hydrogen) atoms. The molecule has 2 aliphatic heterocycles. The van der Waals surface area contributed by atoms with Gasteiger partial charge in [0.05, 0.1) is 7.11 Å². The maximum Gasteiger partial charge on any atom is 0.414 e. The number of methoxy groups -OCH3 is 1. The van der Waals surface area contributed by atoms with Gasteiger partial charge in [-0.15, -0.1) is 0 Å². The van der Waals surface area contributed by atoms with Crippen LogP contribution in [-0.2, 0) is 20.8 Å². The van der Waals surface area contributed by atoms with Gasteiger partial charge in [-0.25, -0.2) is 9.59 Å². The lowest BCUT2D eigenvalue weighted by atomic mass is 9.98. The average Bonchev–Trinajstić information content (AvgIpc) is 2.85. The Morgan fingerprint density at radius 2 is 1.85 bits per heavy atom. The zero-order valence-electron chi connectivity index (χ0n) is 19.0. The van der Waals surface area contributed by atoms with Gasteiger partial charge in [0.15, 0.2) is 0 Å². The van der Waals surface area contributed by atoms with E-state index in [0.29, 0.717) is 6.42 Å². The van der Waals surface area contributed by atoms with E-state index in [1.54, 1.807) is 7.11 Å². The van der Waals surface area contributed by atoms with Crippen molar-refractivity contribution in [1.82, 2.24) is 4.90 Å². The second-order valence-electron chi connectivity index (χ2n) is 7.92. The summed E-state index contributed by atoms with van der Waals surface area (Å²) in [7, 11) is 1.73. The van der Waals surface area contributed by atoms with Crippen LogP contribution in [0.25, 0.3) is 11.6 Å². The number of nitrogens with zero attached hydrogens (tertiary/aromatic N) is 1. The van der Waals surface area contributed by atoms with Gasteiger partial charge < -0.3 is 20.3 Å². The lowest BCUT2D eigenvalue weighted by molar-refractivity contribution is -0.159. The molecule has 0 spiro atoms. The van der Waals surface area contributed by atoms with Crippen LogP contribution in [0.2, 0.25) is 0 Å². The first-order valence-corrected chi connectivity index (χ1v) is 11.0. The van der Waals surface area contributed by atoms with Gasteiger partial charge >= 0.3 is 11.9 Å². The third-order valence-corrected chi connectivity index (χ3v) is 5.63. The zero-order valence-corrected chi connectivity index (χ0v) is 19.0. The topological polar surface area (TPSA) is 116 Å². The Hall–Kier alpha value is -3.91. The van der Waals surface area contributed by atoms with Gasteiger partial charge in [0.2, 0.25) is 5.91 Å². The highest BCUT2D eigenvalue weighted by atomic mass is 16.5. The molecule has 3 N–H and O–H groups in total. The van der Waals surface area contributed by atoms with Gasteiger partial charge in [-0.1, -0.05) is 42.5 Å². The van der Waals surface area contributed by atoms with E-state index in [0.717, 1.165) is 43.9 Å². The number of aryl methyl sites for hydroxylation is 1. The Labute approximate surface area is 198 Å². The SMILES string of the molecule is COc1ccccc1C1=CCN(CC=Cc2ccc3c(c2)CCC(=O)N3)CC1.O=C(O)C(=O)O. The number of hydrogen-bond donors (Lipinski definition) is 3. The van der Waals surface area contributed by atoms with Crippen molar-refractivity contribution in [1.29, 1.82) is 0 Å². The molecule has 2 heterocycles. The fourth-order valence-corrected chi connectivity index (χ4v) is 3.88. The molecule has 0 aliphatic carbocycles. The van der Waals surface area contributed by atoms with Crippen LogP contribution in [0.15, 0.2) is 54.6 Å². The van der Waals surface area contributed by atoms with Crippen LogP contribution in [0, 0.1) is 0 Å². The molecule has 0 fully saturated rings. The van der Waals surface area contributed by atoms with Gasteiger partial charge in [-0.3, -0.25) is 9.69 Å². The number of rotatable bonds is 5. The van der Waals surface area contributed by atoms with Crippen LogP contribution in [-0.4, -0.2) is 59.7 Å². The highest BCUT2D eigenvalue weighted by Gasteiger charge is 2.15. The fraction of sp³-hybridized carbons (Fsp3) is 0.269. The average molecular weight is 465 g/mol. The second-order valence-corrected chi connectivity index (χ2v) is 7.92. The standard InChI is InChI=1S/C24H26N2O2.C2H2O4/c1-28-23-7-3-2-6-21(23)19-12-15-26(16-13-19)14-4-5-18-8-10-22-20(17-18)9-11-24(27)25-22;3-1(4)2(5)6/h2-8,10,12,17H,9,11,13-16H2,1H3,(H,25,27);(H,3,4)(H,5,6). The van der Waals surface area contributed by atoms with Gasteiger partial charge in [-0.05, 0) is 47.7 Å². The van der Waals surface area contributed by atoms with Crippen LogP contribution in [0.4, 0.5) is 5.69 Å². The number of para-hydroxylation sites is 1. The largest absolute Gasteiger partial charge is 0.496 e. The monoisotopic (exact) mass is 464 g/mol. The number of amides is 1. The molecule has 0 saturated carbocycles. The molecule has 8 heteroatoms. The molecule has 0 unspecified atom stereocenters. The number of carbonyl (C=O) groups is 3. The molecule has 178 valence electrons. The smallest absolute Gasteiger partial charge is 0.414 e. The number of hydrogen-bond acceptors (Lipinski definition) is 5. The van der Waals surface area contributed by atoms with Crippen molar-refractivity contribution in [3.8, 4) is 5.75 Å². The summed E-state index contributed by atoms with van der Waals surface area (Å²) in [6.07, 6.45) is 9.16. The number of benzene rings is 2. The molecule has 4 rings (SSSR count). The maximum absolute atomic E-state index is 11.5. The molecule has 0 saturated heterocycles. The third kappa shape index (κ3) is 6.79. The van der Waals surface area contributed by atoms with Crippen LogP contribution in [0.1, 0.15) is 29.5 Å². The van der Waals surface area contributed by atoms with E-state index in [2.05, 4.69) is 52.7 Å². The molecular formula is C26H28N2O6. The lowest BCUT2D eigenvalue weighted by Gasteiger charge is -2.26. The molecule has 2 aliphatic rings. The summed E-state index contributed by atoms with van der Waals surface area (Å²) in [6.45, 7) is 2.93. The molecule has 0 bridgehead atoms. The Morgan fingerprint density at radius 3 is 2.53 bits per heavy atom. The number of carboxylic acids is 2. The molecular weight excluding hydrogens is 436 g/mol.